The summed E-state index contributed by atoms with van der Waals surface area (Å²) in [5.41, 5.74) is 6.26. The number of hydrogen-bond donors (Lipinski definition) is 0. The molecule has 1 fully saturated rings. The van der Waals surface area contributed by atoms with E-state index in [1.165, 1.54) is 22.4 Å². The fourth-order valence-electron chi connectivity index (χ4n) is 2.92. The van der Waals surface area contributed by atoms with E-state index in [-0.39, 0.29) is 0 Å². The molecule has 1 aromatic heterocycles. The zero-order valence-electron chi connectivity index (χ0n) is 13.9. The second-order valence-corrected chi connectivity index (χ2v) is 6.23. The molecule has 22 heavy (non-hydrogen) atoms. The Labute approximate surface area is 132 Å². The molecule has 1 aliphatic heterocycles. The lowest BCUT2D eigenvalue weighted by Crippen LogP contribution is -2.47. The number of aromatic nitrogens is 2. The molecule has 0 radical (unpaired) electrons. The molecular weight excluding hydrogens is 272 g/mol. The first kappa shape index (κ1) is 14.8. The van der Waals surface area contributed by atoms with E-state index >= 15 is 0 Å². The molecule has 0 saturated carbocycles. The first-order valence-corrected chi connectivity index (χ1v) is 7.92. The number of benzene rings is 1. The van der Waals surface area contributed by atoms with Crippen molar-refractivity contribution >= 4 is 11.5 Å². The van der Waals surface area contributed by atoms with Gasteiger partial charge in [-0.3, -0.25) is 0 Å². The minimum atomic E-state index is 0.991. The highest BCUT2D eigenvalue weighted by molar-refractivity contribution is 5.56. The minimum Gasteiger partial charge on any atom is -0.368 e. The molecule has 2 aromatic rings. The summed E-state index contributed by atoms with van der Waals surface area (Å²) in [6.07, 6.45) is 0. The zero-order valence-corrected chi connectivity index (χ0v) is 13.9. The Balaban J connectivity index is 1.72. The smallest absolute Gasteiger partial charge is 0.151 e. The molecule has 0 unspecified atom stereocenters. The lowest BCUT2D eigenvalue weighted by Gasteiger charge is -2.37. The molecule has 3 rings (SSSR count). The molecule has 0 spiro atoms. The molecule has 0 bridgehead atoms. The molecule has 0 atom stereocenters. The van der Waals surface area contributed by atoms with Crippen LogP contribution in [0.2, 0.25) is 0 Å². The largest absolute Gasteiger partial charge is 0.368 e. The van der Waals surface area contributed by atoms with Crippen LogP contribution in [0.3, 0.4) is 0 Å². The standard InChI is InChI=1S/C18H24N4/c1-13-5-6-14(2)17(11-13)21-7-9-22(10-8-21)18-12-15(3)16(4)19-20-18/h5-6,11-12H,7-10H2,1-4H3. The summed E-state index contributed by atoms with van der Waals surface area (Å²) in [6, 6.07) is 8.84. The van der Waals surface area contributed by atoms with Gasteiger partial charge in [0.1, 0.15) is 0 Å². The predicted molar refractivity (Wildman–Crippen MR) is 91.8 cm³/mol. The van der Waals surface area contributed by atoms with Crippen LogP contribution < -0.4 is 9.80 Å². The van der Waals surface area contributed by atoms with Crippen molar-refractivity contribution in [3.63, 3.8) is 0 Å². The number of rotatable bonds is 2. The van der Waals surface area contributed by atoms with Crippen molar-refractivity contribution in [3.8, 4) is 0 Å². The van der Waals surface area contributed by atoms with Crippen molar-refractivity contribution < 1.29 is 0 Å². The normalized spacial score (nSPS) is 15.3. The second kappa shape index (κ2) is 5.95. The second-order valence-electron chi connectivity index (χ2n) is 6.23. The monoisotopic (exact) mass is 296 g/mol. The molecule has 1 aliphatic rings. The summed E-state index contributed by atoms with van der Waals surface area (Å²) in [5.74, 6) is 1.00. The zero-order chi connectivity index (χ0) is 15.7. The molecule has 0 N–H and O–H groups in total. The molecule has 2 heterocycles. The number of hydrogen-bond acceptors (Lipinski definition) is 4. The molecule has 4 heteroatoms. The van der Waals surface area contributed by atoms with E-state index in [4.69, 9.17) is 0 Å². The molecule has 0 amide bonds. The van der Waals surface area contributed by atoms with Crippen LogP contribution in [0.5, 0.6) is 0 Å². The Kier molecular flexibility index (Phi) is 4.01. The van der Waals surface area contributed by atoms with Gasteiger partial charge in [-0.2, -0.15) is 5.10 Å². The number of nitrogens with zero attached hydrogens (tertiary/aromatic N) is 4. The van der Waals surface area contributed by atoms with Crippen LogP contribution in [0.25, 0.3) is 0 Å². The van der Waals surface area contributed by atoms with Gasteiger partial charge >= 0.3 is 0 Å². The van der Waals surface area contributed by atoms with Crippen LogP contribution in [0.15, 0.2) is 24.3 Å². The average Bonchev–Trinajstić information content (AvgIpc) is 2.53. The quantitative estimate of drug-likeness (QED) is 0.852. The average molecular weight is 296 g/mol. The number of aryl methyl sites for hydroxylation is 4. The summed E-state index contributed by atoms with van der Waals surface area (Å²) < 4.78 is 0. The molecule has 116 valence electrons. The molecular formula is C18H24N4. The Morgan fingerprint density at radius 3 is 2.14 bits per heavy atom. The topological polar surface area (TPSA) is 32.3 Å². The highest BCUT2D eigenvalue weighted by atomic mass is 15.3. The van der Waals surface area contributed by atoms with Gasteiger partial charge in [0, 0.05) is 31.9 Å². The van der Waals surface area contributed by atoms with E-state index in [9.17, 15) is 0 Å². The summed E-state index contributed by atoms with van der Waals surface area (Å²) in [5, 5.41) is 8.60. The van der Waals surface area contributed by atoms with E-state index in [0.717, 1.165) is 37.7 Å². The molecule has 1 aromatic carbocycles. The molecule has 0 aliphatic carbocycles. The summed E-state index contributed by atoms with van der Waals surface area (Å²) in [7, 11) is 0. The first-order chi connectivity index (χ1) is 10.5. The molecule has 4 nitrogen and oxygen atoms in total. The van der Waals surface area contributed by atoms with Crippen LogP contribution in [0.4, 0.5) is 11.5 Å². The maximum Gasteiger partial charge on any atom is 0.151 e. The fourth-order valence-corrected chi connectivity index (χ4v) is 2.92. The lowest BCUT2D eigenvalue weighted by molar-refractivity contribution is 0.641. The minimum absolute atomic E-state index is 0.991. The lowest BCUT2D eigenvalue weighted by atomic mass is 10.1. The Hall–Kier alpha value is -2.10. The van der Waals surface area contributed by atoms with Crippen molar-refractivity contribution in [2.45, 2.75) is 27.7 Å². The van der Waals surface area contributed by atoms with Crippen molar-refractivity contribution in [3.05, 3.63) is 46.6 Å². The van der Waals surface area contributed by atoms with E-state index in [1.54, 1.807) is 0 Å². The summed E-state index contributed by atoms with van der Waals surface area (Å²) in [4.78, 5) is 4.81. The van der Waals surface area contributed by atoms with Gasteiger partial charge in [0.15, 0.2) is 5.82 Å². The number of piperazine rings is 1. The van der Waals surface area contributed by atoms with E-state index in [2.05, 4.69) is 65.0 Å². The van der Waals surface area contributed by atoms with Gasteiger partial charge in [-0.15, -0.1) is 5.10 Å². The first-order valence-electron chi connectivity index (χ1n) is 7.92. The third-order valence-corrected chi connectivity index (χ3v) is 4.53. The van der Waals surface area contributed by atoms with Crippen LogP contribution in [-0.2, 0) is 0 Å². The number of anilines is 2. The van der Waals surface area contributed by atoms with Crippen LogP contribution in [-0.4, -0.2) is 36.4 Å². The fraction of sp³-hybridized carbons (Fsp3) is 0.444. The van der Waals surface area contributed by atoms with E-state index in [1.807, 2.05) is 6.92 Å². The van der Waals surface area contributed by atoms with E-state index in [0.29, 0.717) is 0 Å². The van der Waals surface area contributed by atoms with Gasteiger partial charge in [0.2, 0.25) is 0 Å². The van der Waals surface area contributed by atoms with Gasteiger partial charge in [0.25, 0.3) is 0 Å². The van der Waals surface area contributed by atoms with Crippen molar-refractivity contribution in [1.29, 1.82) is 0 Å². The Morgan fingerprint density at radius 1 is 0.773 bits per heavy atom. The SMILES string of the molecule is Cc1ccc(C)c(N2CCN(c3cc(C)c(C)nn3)CC2)c1. The Morgan fingerprint density at radius 2 is 1.45 bits per heavy atom. The summed E-state index contributed by atoms with van der Waals surface area (Å²) in [6.45, 7) is 12.5. The third kappa shape index (κ3) is 2.91. The maximum atomic E-state index is 4.35. The van der Waals surface area contributed by atoms with Gasteiger partial charge in [0.05, 0.1) is 5.69 Å². The predicted octanol–water partition coefficient (Wildman–Crippen LogP) is 3.04. The van der Waals surface area contributed by atoms with Crippen molar-refractivity contribution in [2.75, 3.05) is 36.0 Å². The Bertz CT molecular complexity index is 673. The van der Waals surface area contributed by atoms with Crippen LogP contribution in [0, 0.1) is 27.7 Å². The van der Waals surface area contributed by atoms with Crippen LogP contribution >= 0.6 is 0 Å². The maximum absolute atomic E-state index is 4.35. The van der Waals surface area contributed by atoms with Gasteiger partial charge in [-0.05, 0) is 56.5 Å². The molecule has 1 saturated heterocycles. The van der Waals surface area contributed by atoms with Gasteiger partial charge in [-0.25, -0.2) is 0 Å². The van der Waals surface area contributed by atoms with Crippen LogP contribution in [0.1, 0.15) is 22.4 Å². The summed E-state index contributed by atoms with van der Waals surface area (Å²) >= 11 is 0. The highest BCUT2D eigenvalue weighted by Crippen LogP contribution is 2.24. The highest BCUT2D eigenvalue weighted by Gasteiger charge is 2.20. The van der Waals surface area contributed by atoms with E-state index < -0.39 is 0 Å². The third-order valence-electron chi connectivity index (χ3n) is 4.53. The van der Waals surface area contributed by atoms with Gasteiger partial charge in [-0.1, -0.05) is 12.1 Å². The van der Waals surface area contributed by atoms with Crippen molar-refractivity contribution in [2.24, 2.45) is 0 Å². The van der Waals surface area contributed by atoms with Gasteiger partial charge < -0.3 is 9.80 Å². The van der Waals surface area contributed by atoms with Crippen molar-refractivity contribution in [1.82, 2.24) is 10.2 Å².